The Bertz CT molecular complexity index is 1140. The van der Waals surface area contributed by atoms with Gasteiger partial charge in [-0.05, 0) is 41.8 Å². The molecule has 2 aromatic carbocycles. The van der Waals surface area contributed by atoms with E-state index >= 15 is 0 Å². The molecule has 3 aromatic rings. The Balaban J connectivity index is 1.81. The maximum Gasteiger partial charge on any atom is 0.416 e. The number of aromatic amines is 1. The van der Waals surface area contributed by atoms with Gasteiger partial charge in [-0.3, -0.25) is 14.6 Å². The van der Waals surface area contributed by atoms with Gasteiger partial charge in [-0.1, -0.05) is 29.5 Å². The number of ether oxygens (including phenoxy) is 1. The quantitative estimate of drug-likeness (QED) is 0.433. The third-order valence-corrected chi connectivity index (χ3v) is 5.24. The molecule has 0 bridgehead atoms. The zero-order chi connectivity index (χ0) is 22.8. The van der Waals surface area contributed by atoms with Gasteiger partial charge in [-0.15, -0.1) is 0 Å². The normalized spacial score (nSPS) is 12.5. The minimum Gasteiger partial charge on any atom is -0.494 e. The number of hydrogen-bond acceptors (Lipinski definition) is 6. The van der Waals surface area contributed by atoms with E-state index in [0.717, 1.165) is 6.07 Å². The molecule has 0 saturated heterocycles. The molecule has 0 amide bonds. The molecule has 1 aromatic heterocycles. The average Bonchev–Trinajstić information content (AvgIpc) is 3.00. The molecule has 0 spiro atoms. The topological polar surface area (TPSA) is 126 Å². The molecule has 0 aliphatic carbocycles. The number of H-pyrrole nitrogens is 1. The van der Waals surface area contributed by atoms with E-state index < -0.39 is 34.5 Å². The van der Waals surface area contributed by atoms with Crippen molar-refractivity contribution in [3.05, 3.63) is 73.7 Å². The number of aliphatic carboxylic acids is 1. The summed E-state index contributed by atoms with van der Waals surface area (Å²) in [6, 6.07) is 8.51. The van der Waals surface area contributed by atoms with Crippen LogP contribution in [0.25, 0.3) is 0 Å². The van der Waals surface area contributed by atoms with E-state index in [0.29, 0.717) is 16.9 Å². The largest absolute Gasteiger partial charge is 0.494 e. The van der Waals surface area contributed by atoms with Crippen molar-refractivity contribution in [2.75, 3.05) is 0 Å². The van der Waals surface area contributed by atoms with Crippen LogP contribution in [0, 0.1) is 0 Å². The highest BCUT2D eigenvalue weighted by Gasteiger charge is 2.34. The van der Waals surface area contributed by atoms with Crippen molar-refractivity contribution >= 4 is 17.3 Å². The van der Waals surface area contributed by atoms with Crippen LogP contribution in [-0.4, -0.2) is 27.2 Å². The van der Waals surface area contributed by atoms with Gasteiger partial charge in [0.1, 0.15) is 17.5 Å². The molecule has 1 heterocycles. The van der Waals surface area contributed by atoms with Gasteiger partial charge >= 0.3 is 17.0 Å². The number of aromatic hydroxyl groups is 1. The van der Waals surface area contributed by atoms with Crippen molar-refractivity contribution in [3.63, 3.8) is 0 Å². The molecule has 7 nitrogen and oxygen atoms in total. The number of rotatable bonds is 7. The molecule has 0 aliphatic heterocycles. The van der Waals surface area contributed by atoms with Crippen molar-refractivity contribution in [2.45, 2.75) is 25.1 Å². The van der Waals surface area contributed by atoms with E-state index in [1.807, 2.05) is 0 Å². The Morgan fingerprint density at radius 2 is 1.81 bits per heavy atom. The maximum absolute atomic E-state index is 13.6. The number of halogens is 3. The predicted octanol–water partition coefficient (Wildman–Crippen LogP) is 3.50. The number of hydrogen-bond donors (Lipinski definition) is 4. The second kappa shape index (κ2) is 8.82. The number of carboxylic acid groups (broad SMARTS) is 1. The second-order valence-electron chi connectivity index (χ2n) is 6.67. The number of nitrogens with two attached hydrogens (primary N) is 1. The van der Waals surface area contributed by atoms with Gasteiger partial charge < -0.3 is 20.7 Å². The molecule has 11 heteroatoms. The molecule has 5 N–H and O–H groups in total. The first kappa shape index (κ1) is 22.4. The van der Waals surface area contributed by atoms with Crippen LogP contribution in [0.3, 0.4) is 0 Å². The molecule has 1 atom stereocenters. The number of benzene rings is 2. The number of carboxylic acids is 1. The molecule has 0 aliphatic rings. The fourth-order valence-corrected chi connectivity index (χ4v) is 3.60. The van der Waals surface area contributed by atoms with Crippen LogP contribution in [0.15, 0.2) is 47.3 Å². The minimum atomic E-state index is -4.68. The van der Waals surface area contributed by atoms with Crippen LogP contribution in [0.4, 0.5) is 13.2 Å². The summed E-state index contributed by atoms with van der Waals surface area (Å²) in [5, 5.41) is 18.5. The monoisotopic (exact) mass is 454 g/mol. The Morgan fingerprint density at radius 1 is 1.16 bits per heavy atom. The summed E-state index contributed by atoms with van der Waals surface area (Å²) in [5.41, 5.74) is 5.04. The van der Waals surface area contributed by atoms with Gasteiger partial charge in [0, 0.05) is 6.42 Å². The number of nitrogens with one attached hydrogen (secondary N) is 1. The highest BCUT2D eigenvalue weighted by Crippen LogP contribution is 2.37. The molecule has 0 radical (unpaired) electrons. The fourth-order valence-electron chi connectivity index (χ4n) is 2.85. The molecule has 3 rings (SSSR count). The molecule has 31 heavy (non-hydrogen) atoms. The van der Waals surface area contributed by atoms with Crippen LogP contribution in [-0.2, 0) is 23.8 Å². The first-order valence-corrected chi connectivity index (χ1v) is 9.71. The van der Waals surface area contributed by atoms with Gasteiger partial charge in [0.15, 0.2) is 0 Å². The molecule has 164 valence electrons. The SMILES string of the molecule is NC(Cc1ccc(Oc2ccc(Cc3sc(=O)[nH]c3O)c(C(F)(F)F)c2)cc1)C(=O)O. The number of aromatic nitrogens is 1. The highest BCUT2D eigenvalue weighted by molar-refractivity contribution is 7.09. The first-order valence-electron chi connectivity index (χ1n) is 8.89. The van der Waals surface area contributed by atoms with Gasteiger partial charge in [-0.25, -0.2) is 0 Å². The lowest BCUT2D eigenvalue weighted by Crippen LogP contribution is -2.32. The van der Waals surface area contributed by atoms with Crippen molar-refractivity contribution in [1.29, 1.82) is 0 Å². The molecule has 0 fully saturated rings. The zero-order valence-corrected chi connectivity index (χ0v) is 16.6. The predicted molar refractivity (Wildman–Crippen MR) is 107 cm³/mol. The summed E-state index contributed by atoms with van der Waals surface area (Å²) < 4.78 is 46.2. The van der Waals surface area contributed by atoms with Crippen LogP contribution < -0.4 is 15.3 Å². The lowest BCUT2D eigenvalue weighted by Gasteiger charge is -2.15. The Hall–Kier alpha value is -3.31. The van der Waals surface area contributed by atoms with Crippen molar-refractivity contribution in [3.8, 4) is 17.4 Å². The third kappa shape index (κ3) is 5.64. The van der Waals surface area contributed by atoms with Gasteiger partial charge in [-0.2, -0.15) is 13.2 Å². The summed E-state index contributed by atoms with van der Waals surface area (Å²) in [6.07, 6.45) is -4.86. The number of thiazole rings is 1. The fraction of sp³-hybridized carbons (Fsp3) is 0.200. The van der Waals surface area contributed by atoms with Gasteiger partial charge in [0.25, 0.3) is 0 Å². The number of alkyl halides is 3. The Morgan fingerprint density at radius 3 is 2.35 bits per heavy atom. The van der Waals surface area contributed by atoms with Crippen LogP contribution in [0.1, 0.15) is 21.6 Å². The summed E-state index contributed by atoms with van der Waals surface area (Å²) in [4.78, 5) is 23.8. The lowest BCUT2D eigenvalue weighted by molar-refractivity contribution is -0.139. The number of carbonyl (C=O) groups is 1. The Kier molecular flexibility index (Phi) is 6.37. The van der Waals surface area contributed by atoms with Crippen LogP contribution in [0.5, 0.6) is 17.4 Å². The second-order valence-corrected chi connectivity index (χ2v) is 7.74. The van der Waals surface area contributed by atoms with Crippen molar-refractivity contribution < 1.29 is 32.9 Å². The van der Waals surface area contributed by atoms with Gasteiger partial charge in [0.05, 0.1) is 10.4 Å². The van der Waals surface area contributed by atoms with E-state index in [2.05, 4.69) is 4.98 Å². The Labute approximate surface area is 177 Å². The smallest absolute Gasteiger partial charge is 0.416 e. The van der Waals surface area contributed by atoms with E-state index in [1.165, 1.54) is 24.3 Å². The standard InChI is InChI=1S/C20H17F3N2O5S/c21-20(22,23)14-9-13(6-3-11(14)8-16-17(26)25-19(29)31-16)30-12-4-1-10(2-5-12)7-15(24)18(27)28/h1-6,9,15,26H,7-8,24H2,(H,25,29)(H,27,28). The van der Waals surface area contributed by atoms with Crippen LogP contribution >= 0.6 is 11.3 Å². The summed E-state index contributed by atoms with van der Waals surface area (Å²) >= 11 is 0.637. The lowest BCUT2D eigenvalue weighted by atomic mass is 10.0. The summed E-state index contributed by atoms with van der Waals surface area (Å²) in [5.74, 6) is -1.39. The molecule has 1 unspecified atom stereocenters. The molecular weight excluding hydrogens is 437 g/mol. The minimum absolute atomic E-state index is 0.0578. The van der Waals surface area contributed by atoms with Gasteiger partial charge in [0.2, 0.25) is 5.88 Å². The van der Waals surface area contributed by atoms with E-state index in [4.69, 9.17) is 15.6 Å². The average molecular weight is 454 g/mol. The first-order chi connectivity index (χ1) is 14.5. The zero-order valence-electron chi connectivity index (χ0n) is 15.8. The summed E-state index contributed by atoms with van der Waals surface area (Å²) in [7, 11) is 0. The third-order valence-electron chi connectivity index (χ3n) is 4.37. The van der Waals surface area contributed by atoms with Crippen LogP contribution in [0.2, 0.25) is 0 Å². The highest BCUT2D eigenvalue weighted by atomic mass is 32.1. The molecular formula is C20H17F3N2O5S. The van der Waals surface area contributed by atoms with E-state index in [-0.39, 0.29) is 34.8 Å². The van der Waals surface area contributed by atoms with E-state index in [9.17, 15) is 27.9 Å². The van der Waals surface area contributed by atoms with Crippen molar-refractivity contribution in [1.82, 2.24) is 4.98 Å². The van der Waals surface area contributed by atoms with Crippen molar-refractivity contribution in [2.24, 2.45) is 5.73 Å². The molecule has 0 saturated carbocycles. The summed E-state index contributed by atoms with van der Waals surface area (Å²) in [6.45, 7) is 0. The van der Waals surface area contributed by atoms with E-state index in [1.54, 1.807) is 12.1 Å². The maximum atomic E-state index is 13.6.